The zero-order valence-corrected chi connectivity index (χ0v) is 13.9. The van der Waals surface area contributed by atoms with E-state index in [1.54, 1.807) is 18.2 Å². The number of fused-ring (bicyclic) bond motifs is 1. The van der Waals surface area contributed by atoms with Crippen LogP contribution >= 0.6 is 0 Å². The molecule has 3 aromatic rings. The third-order valence-electron chi connectivity index (χ3n) is 3.94. The quantitative estimate of drug-likeness (QED) is 0.573. The van der Waals surface area contributed by atoms with Crippen LogP contribution in [0, 0.1) is 0 Å². The Morgan fingerprint density at radius 1 is 1.27 bits per heavy atom. The van der Waals surface area contributed by atoms with E-state index in [1.165, 1.54) is 12.1 Å². The predicted molar refractivity (Wildman–Crippen MR) is 91.9 cm³/mol. The number of sulfone groups is 1. The van der Waals surface area contributed by atoms with Gasteiger partial charge in [0.1, 0.15) is 5.56 Å². The second-order valence-corrected chi connectivity index (χ2v) is 7.72. The molecule has 3 N–H and O–H groups in total. The summed E-state index contributed by atoms with van der Waals surface area (Å²) in [4.78, 5) is 27.3. The average molecular weight is 372 g/mol. The van der Waals surface area contributed by atoms with Crippen molar-refractivity contribution in [1.82, 2.24) is 30.9 Å². The Kier molecular flexibility index (Phi) is 3.65. The molecule has 0 saturated carbocycles. The second kappa shape index (κ2) is 5.88. The van der Waals surface area contributed by atoms with Crippen LogP contribution in [-0.4, -0.2) is 51.7 Å². The highest BCUT2D eigenvalue weighted by Crippen LogP contribution is 2.19. The van der Waals surface area contributed by atoms with Gasteiger partial charge in [-0.1, -0.05) is 12.1 Å². The molecule has 0 aliphatic carbocycles. The Bertz CT molecular complexity index is 1200. The summed E-state index contributed by atoms with van der Waals surface area (Å²) in [6.45, 7) is 0. The number of amides is 1. The van der Waals surface area contributed by atoms with Crippen molar-refractivity contribution in [2.45, 2.75) is 6.04 Å². The van der Waals surface area contributed by atoms with E-state index in [-0.39, 0.29) is 11.3 Å². The number of nitrogens with one attached hydrogen (secondary N) is 3. The number of carbonyl (C=O) groups is 1. The molecule has 11 heteroatoms. The molecule has 0 spiro atoms. The monoisotopic (exact) mass is 372 g/mol. The van der Waals surface area contributed by atoms with E-state index < -0.39 is 27.3 Å². The summed E-state index contributed by atoms with van der Waals surface area (Å²) in [7, 11) is -3.30. The number of rotatable bonds is 3. The molecule has 3 heterocycles. The fourth-order valence-corrected chi connectivity index (χ4v) is 3.94. The van der Waals surface area contributed by atoms with Crippen LogP contribution in [0.5, 0.6) is 0 Å². The topological polar surface area (TPSA) is 151 Å². The fraction of sp³-hybridized carbons (Fsp3) is 0.133. The molecule has 132 valence electrons. The standard InChI is InChI=1S/C15H12N6O4S/c22-14(16-10-3-4-26(24,25)7-10)11-5-8-1-2-9(13-18-20-21-19-13)6-12(8)17-15(11)23/h1-6,10H,7H2,(H,16,22)(H,17,23)(H,18,19,20,21)/t10-/m1/s1. The third kappa shape index (κ3) is 2.99. The maximum atomic E-state index is 12.3. The maximum absolute atomic E-state index is 12.3. The van der Waals surface area contributed by atoms with Crippen molar-refractivity contribution in [2.75, 3.05) is 5.75 Å². The molecule has 4 rings (SSSR count). The van der Waals surface area contributed by atoms with E-state index in [0.29, 0.717) is 22.3 Å². The van der Waals surface area contributed by atoms with Gasteiger partial charge in [0.15, 0.2) is 9.84 Å². The van der Waals surface area contributed by atoms with Gasteiger partial charge in [0.05, 0.1) is 11.8 Å². The van der Waals surface area contributed by atoms with Gasteiger partial charge in [-0.3, -0.25) is 9.59 Å². The van der Waals surface area contributed by atoms with Gasteiger partial charge in [-0.2, -0.15) is 5.21 Å². The molecule has 1 amide bonds. The van der Waals surface area contributed by atoms with Crippen molar-refractivity contribution in [3.05, 3.63) is 51.7 Å². The second-order valence-electron chi connectivity index (χ2n) is 5.79. The number of hydrogen-bond donors (Lipinski definition) is 3. The summed E-state index contributed by atoms with van der Waals surface area (Å²) in [6.07, 6.45) is 1.39. The Hall–Kier alpha value is -3.34. The highest BCUT2D eigenvalue weighted by atomic mass is 32.2. The summed E-state index contributed by atoms with van der Waals surface area (Å²) in [6, 6.07) is 5.93. The largest absolute Gasteiger partial charge is 0.345 e. The first-order valence-corrected chi connectivity index (χ1v) is 9.25. The first-order valence-electron chi connectivity index (χ1n) is 7.54. The number of nitrogens with zero attached hydrogens (tertiary/aromatic N) is 3. The first-order chi connectivity index (χ1) is 12.4. The Balaban J connectivity index is 1.65. The maximum Gasteiger partial charge on any atom is 0.261 e. The van der Waals surface area contributed by atoms with Crippen molar-refractivity contribution >= 4 is 26.6 Å². The average Bonchev–Trinajstić information content (AvgIpc) is 3.23. The number of carbonyl (C=O) groups excluding carboxylic acids is 1. The number of hydrogen-bond acceptors (Lipinski definition) is 7. The fourth-order valence-electron chi connectivity index (χ4n) is 2.70. The van der Waals surface area contributed by atoms with Crippen LogP contribution in [0.25, 0.3) is 22.3 Å². The molecule has 0 fully saturated rings. The molecule has 0 saturated heterocycles. The molecular weight excluding hydrogens is 360 g/mol. The van der Waals surface area contributed by atoms with Gasteiger partial charge in [-0.05, 0) is 28.8 Å². The van der Waals surface area contributed by atoms with E-state index in [0.717, 1.165) is 5.41 Å². The van der Waals surface area contributed by atoms with Crippen molar-refractivity contribution in [1.29, 1.82) is 0 Å². The molecule has 0 bridgehead atoms. The zero-order valence-electron chi connectivity index (χ0n) is 13.1. The molecule has 1 aliphatic heterocycles. The predicted octanol–water partition coefficient (Wildman–Crippen LogP) is -0.251. The summed E-state index contributed by atoms with van der Waals surface area (Å²) in [5, 5.41) is 17.8. The minimum Gasteiger partial charge on any atom is -0.345 e. The summed E-state index contributed by atoms with van der Waals surface area (Å²) in [5.74, 6) is -0.468. The molecule has 1 aromatic carbocycles. The summed E-state index contributed by atoms with van der Waals surface area (Å²) >= 11 is 0. The van der Waals surface area contributed by atoms with Gasteiger partial charge in [-0.15, -0.1) is 10.2 Å². The van der Waals surface area contributed by atoms with Crippen LogP contribution in [0.3, 0.4) is 0 Å². The van der Waals surface area contributed by atoms with Crippen molar-refractivity contribution in [3.63, 3.8) is 0 Å². The van der Waals surface area contributed by atoms with E-state index >= 15 is 0 Å². The lowest BCUT2D eigenvalue weighted by atomic mass is 10.1. The van der Waals surface area contributed by atoms with Crippen molar-refractivity contribution in [3.8, 4) is 11.4 Å². The highest BCUT2D eigenvalue weighted by Gasteiger charge is 2.24. The minimum atomic E-state index is -3.30. The van der Waals surface area contributed by atoms with Gasteiger partial charge in [0.2, 0.25) is 5.82 Å². The van der Waals surface area contributed by atoms with E-state index in [4.69, 9.17) is 0 Å². The summed E-state index contributed by atoms with van der Waals surface area (Å²) < 4.78 is 22.8. The van der Waals surface area contributed by atoms with Gasteiger partial charge < -0.3 is 10.3 Å². The Morgan fingerprint density at radius 3 is 2.81 bits per heavy atom. The Labute approximate surface area is 146 Å². The lowest BCUT2D eigenvalue weighted by Crippen LogP contribution is -2.38. The van der Waals surface area contributed by atoms with Crippen LogP contribution < -0.4 is 10.9 Å². The van der Waals surface area contributed by atoms with Crippen LogP contribution in [0.15, 0.2) is 40.5 Å². The van der Waals surface area contributed by atoms with Gasteiger partial charge >= 0.3 is 0 Å². The van der Waals surface area contributed by atoms with Crippen molar-refractivity contribution in [2.24, 2.45) is 0 Å². The molecule has 10 nitrogen and oxygen atoms in total. The number of tetrazole rings is 1. The van der Waals surface area contributed by atoms with Gasteiger partial charge in [-0.25, -0.2) is 8.42 Å². The van der Waals surface area contributed by atoms with Gasteiger partial charge in [0, 0.05) is 16.5 Å². The zero-order chi connectivity index (χ0) is 18.3. The molecule has 0 unspecified atom stereocenters. The Morgan fingerprint density at radius 2 is 2.12 bits per heavy atom. The molecule has 1 atom stereocenters. The van der Waals surface area contributed by atoms with Crippen LogP contribution in [0.2, 0.25) is 0 Å². The molecule has 1 aliphatic rings. The van der Waals surface area contributed by atoms with Crippen molar-refractivity contribution < 1.29 is 13.2 Å². The molecule has 0 radical (unpaired) electrons. The normalized spacial score (nSPS) is 18.2. The highest BCUT2D eigenvalue weighted by molar-refractivity contribution is 7.94. The molecular formula is C15H12N6O4S. The number of benzene rings is 1. The van der Waals surface area contributed by atoms with Crippen LogP contribution in [0.1, 0.15) is 10.4 Å². The van der Waals surface area contributed by atoms with Gasteiger partial charge in [0.25, 0.3) is 11.5 Å². The number of pyridine rings is 1. The van der Waals surface area contributed by atoms with Crippen LogP contribution in [-0.2, 0) is 9.84 Å². The summed E-state index contributed by atoms with van der Waals surface area (Å²) in [5.41, 5.74) is 0.491. The number of H-pyrrole nitrogens is 2. The van der Waals surface area contributed by atoms with E-state index in [2.05, 4.69) is 30.9 Å². The van der Waals surface area contributed by atoms with E-state index in [9.17, 15) is 18.0 Å². The lowest BCUT2D eigenvalue weighted by molar-refractivity contribution is 0.0946. The molecule has 26 heavy (non-hydrogen) atoms. The minimum absolute atomic E-state index is 0.0949. The SMILES string of the molecule is O=C(N[C@@H]1C=CS(=O)(=O)C1)c1cc2ccc(-c3nn[nH]n3)cc2[nH]c1=O. The first kappa shape index (κ1) is 16.1. The number of aromatic amines is 2. The lowest BCUT2D eigenvalue weighted by Gasteiger charge is -2.10. The van der Waals surface area contributed by atoms with E-state index in [1.807, 2.05) is 0 Å². The number of aromatic nitrogens is 5. The van der Waals surface area contributed by atoms with Crippen LogP contribution in [0.4, 0.5) is 0 Å². The molecule has 2 aromatic heterocycles. The smallest absolute Gasteiger partial charge is 0.261 e. The third-order valence-corrected chi connectivity index (χ3v) is 5.34.